The Morgan fingerprint density at radius 2 is 2.09 bits per heavy atom. The fourth-order valence-corrected chi connectivity index (χ4v) is 3.88. The predicted octanol–water partition coefficient (Wildman–Crippen LogP) is 3.10. The summed E-state index contributed by atoms with van der Waals surface area (Å²) in [6.07, 6.45) is 1.52. The van der Waals surface area contributed by atoms with Gasteiger partial charge in [0.05, 0.1) is 20.9 Å². The Balaban J connectivity index is 1.83. The summed E-state index contributed by atoms with van der Waals surface area (Å²) < 4.78 is 24.9. The van der Waals surface area contributed by atoms with E-state index in [1.165, 1.54) is 6.33 Å². The fourth-order valence-electron chi connectivity index (χ4n) is 2.12. The van der Waals surface area contributed by atoms with E-state index in [1.807, 2.05) is 17.5 Å². The molecular formula is C15H15N3O2S2. The Morgan fingerprint density at radius 1 is 1.23 bits per heavy atom. The molecular weight excluding hydrogens is 318 g/mol. The topological polar surface area (TPSA) is 72.0 Å². The van der Waals surface area contributed by atoms with Gasteiger partial charge in [0.25, 0.3) is 0 Å². The van der Waals surface area contributed by atoms with Crippen molar-refractivity contribution in [3.63, 3.8) is 0 Å². The highest BCUT2D eigenvalue weighted by atomic mass is 32.2. The number of sulfone groups is 1. The Morgan fingerprint density at radius 3 is 2.91 bits per heavy atom. The Hall–Kier alpha value is -1.99. The summed E-state index contributed by atoms with van der Waals surface area (Å²) in [7, 11) is -3.18. The average molecular weight is 333 g/mol. The van der Waals surface area contributed by atoms with Crippen LogP contribution in [-0.2, 0) is 16.4 Å². The average Bonchev–Trinajstić information content (AvgIpc) is 3.02. The van der Waals surface area contributed by atoms with E-state index in [-0.39, 0.29) is 5.75 Å². The molecule has 5 nitrogen and oxygen atoms in total. The second-order valence-electron chi connectivity index (χ2n) is 4.76. The minimum absolute atomic E-state index is 0.103. The second kappa shape index (κ2) is 6.02. The lowest BCUT2D eigenvalue weighted by atomic mass is 10.2. The molecule has 0 saturated heterocycles. The van der Waals surface area contributed by atoms with Crippen LogP contribution in [0.2, 0.25) is 0 Å². The van der Waals surface area contributed by atoms with E-state index in [2.05, 4.69) is 15.3 Å². The van der Waals surface area contributed by atoms with Crippen LogP contribution in [0, 0.1) is 0 Å². The van der Waals surface area contributed by atoms with E-state index in [0.29, 0.717) is 11.4 Å². The van der Waals surface area contributed by atoms with Gasteiger partial charge in [-0.1, -0.05) is 19.1 Å². The number of hydrogen-bond acceptors (Lipinski definition) is 6. The van der Waals surface area contributed by atoms with Gasteiger partial charge >= 0.3 is 0 Å². The van der Waals surface area contributed by atoms with Crippen molar-refractivity contribution in [3.05, 3.63) is 47.6 Å². The lowest BCUT2D eigenvalue weighted by Gasteiger charge is -2.08. The van der Waals surface area contributed by atoms with Gasteiger partial charge in [0.1, 0.15) is 12.1 Å². The first kappa shape index (κ1) is 14.9. The molecule has 2 heterocycles. The van der Waals surface area contributed by atoms with Gasteiger partial charge in [-0.2, -0.15) is 0 Å². The van der Waals surface area contributed by atoms with Gasteiger partial charge in [-0.25, -0.2) is 18.4 Å². The number of nitrogens with one attached hydrogen (secondary N) is 1. The van der Waals surface area contributed by atoms with E-state index in [0.717, 1.165) is 21.6 Å². The summed E-state index contributed by atoms with van der Waals surface area (Å²) in [5.74, 6) is 0.870. The normalized spacial score (nSPS) is 11.7. The number of thiophene rings is 1. The van der Waals surface area contributed by atoms with E-state index < -0.39 is 9.84 Å². The number of hydrogen-bond donors (Lipinski definition) is 1. The minimum atomic E-state index is -3.18. The van der Waals surface area contributed by atoms with Gasteiger partial charge in [0, 0.05) is 6.54 Å². The Kier molecular flexibility index (Phi) is 4.08. The largest absolute Gasteiger partial charge is 0.365 e. The molecule has 0 fully saturated rings. The molecule has 7 heteroatoms. The molecule has 2 aromatic heterocycles. The molecule has 0 bridgehead atoms. The zero-order valence-electron chi connectivity index (χ0n) is 12.0. The van der Waals surface area contributed by atoms with Crippen LogP contribution in [0.25, 0.3) is 10.2 Å². The quantitative estimate of drug-likeness (QED) is 0.777. The van der Waals surface area contributed by atoms with Crippen LogP contribution in [0.4, 0.5) is 5.82 Å². The molecule has 0 unspecified atom stereocenters. The lowest BCUT2D eigenvalue weighted by Crippen LogP contribution is -2.06. The summed E-state index contributed by atoms with van der Waals surface area (Å²) in [4.78, 5) is 8.81. The molecule has 0 amide bonds. The third-order valence-electron chi connectivity index (χ3n) is 3.34. The molecule has 114 valence electrons. The highest BCUT2D eigenvalue weighted by Gasteiger charge is 2.12. The summed E-state index contributed by atoms with van der Waals surface area (Å²) in [5, 5.41) is 5.22. The van der Waals surface area contributed by atoms with Crippen molar-refractivity contribution in [1.29, 1.82) is 0 Å². The van der Waals surface area contributed by atoms with Crippen LogP contribution in [0.1, 0.15) is 12.5 Å². The molecule has 22 heavy (non-hydrogen) atoms. The van der Waals surface area contributed by atoms with E-state index in [9.17, 15) is 8.42 Å². The third kappa shape index (κ3) is 2.95. The van der Waals surface area contributed by atoms with Crippen LogP contribution in [0.15, 0.2) is 46.9 Å². The van der Waals surface area contributed by atoms with Crippen molar-refractivity contribution in [2.24, 2.45) is 0 Å². The van der Waals surface area contributed by atoms with Crippen molar-refractivity contribution in [2.75, 3.05) is 11.1 Å². The number of fused-ring (bicyclic) bond motifs is 1. The summed E-state index contributed by atoms with van der Waals surface area (Å²) in [6, 6.07) is 8.94. The van der Waals surface area contributed by atoms with Crippen LogP contribution >= 0.6 is 11.3 Å². The molecule has 0 aliphatic rings. The lowest BCUT2D eigenvalue weighted by molar-refractivity contribution is 0.597. The van der Waals surface area contributed by atoms with Gasteiger partial charge in [0.2, 0.25) is 0 Å². The number of benzene rings is 1. The van der Waals surface area contributed by atoms with Gasteiger partial charge in [-0.05, 0) is 29.1 Å². The van der Waals surface area contributed by atoms with Crippen molar-refractivity contribution < 1.29 is 8.42 Å². The molecule has 0 aliphatic heterocycles. The maximum absolute atomic E-state index is 11.9. The van der Waals surface area contributed by atoms with Crippen molar-refractivity contribution in [1.82, 2.24) is 9.97 Å². The molecule has 0 atom stereocenters. The number of anilines is 1. The SMILES string of the molecule is CCS(=O)(=O)c1cccc(CNc2ncnc3ccsc23)c1. The van der Waals surface area contributed by atoms with Crippen LogP contribution in [0.5, 0.6) is 0 Å². The monoisotopic (exact) mass is 333 g/mol. The molecule has 0 saturated carbocycles. The second-order valence-corrected chi connectivity index (χ2v) is 7.96. The minimum Gasteiger partial charge on any atom is -0.365 e. The third-order valence-corrected chi connectivity index (χ3v) is 5.98. The van der Waals surface area contributed by atoms with Crippen LogP contribution in [-0.4, -0.2) is 24.1 Å². The number of nitrogens with zero attached hydrogens (tertiary/aromatic N) is 2. The summed E-state index contributed by atoms with van der Waals surface area (Å²) in [5.41, 5.74) is 1.81. The molecule has 1 aromatic carbocycles. The summed E-state index contributed by atoms with van der Waals surface area (Å²) in [6.45, 7) is 2.16. The first-order chi connectivity index (χ1) is 10.6. The number of aromatic nitrogens is 2. The predicted molar refractivity (Wildman–Crippen MR) is 88.9 cm³/mol. The van der Waals surface area contributed by atoms with Gasteiger partial charge in [-0.3, -0.25) is 0 Å². The first-order valence-corrected chi connectivity index (χ1v) is 9.37. The Labute approximate surface area is 133 Å². The maximum Gasteiger partial charge on any atom is 0.178 e. The van der Waals surface area contributed by atoms with Crippen molar-refractivity contribution in [3.8, 4) is 0 Å². The van der Waals surface area contributed by atoms with Gasteiger partial charge < -0.3 is 5.32 Å². The zero-order chi connectivity index (χ0) is 15.6. The molecule has 3 aromatic rings. The van der Waals surface area contributed by atoms with E-state index in [4.69, 9.17) is 0 Å². The Bertz CT molecular complexity index is 904. The fraction of sp³-hybridized carbons (Fsp3) is 0.200. The molecule has 3 rings (SSSR count). The number of rotatable bonds is 5. The van der Waals surface area contributed by atoms with Crippen molar-refractivity contribution >= 4 is 37.2 Å². The molecule has 1 N–H and O–H groups in total. The standard InChI is InChI=1S/C15H15N3O2S2/c1-2-22(19,20)12-5-3-4-11(8-12)9-16-15-14-13(6-7-21-14)17-10-18-15/h3-8,10H,2,9H2,1H3,(H,16,17,18). The van der Waals surface area contributed by atoms with Gasteiger partial charge in [-0.15, -0.1) is 11.3 Å². The van der Waals surface area contributed by atoms with Crippen molar-refractivity contribution in [2.45, 2.75) is 18.4 Å². The molecule has 0 aliphatic carbocycles. The van der Waals surface area contributed by atoms with Crippen LogP contribution in [0.3, 0.4) is 0 Å². The smallest absolute Gasteiger partial charge is 0.178 e. The van der Waals surface area contributed by atoms with Gasteiger partial charge in [0.15, 0.2) is 9.84 Å². The highest BCUT2D eigenvalue weighted by molar-refractivity contribution is 7.91. The molecule has 0 radical (unpaired) electrons. The van der Waals surface area contributed by atoms with E-state index >= 15 is 0 Å². The summed E-state index contributed by atoms with van der Waals surface area (Å²) >= 11 is 1.58. The van der Waals surface area contributed by atoms with E-state index in [1.54, 1.807) is 36.5 Å². The first-order valence-electron chi connectivity index (χ1n) is 6.84. The highest BCUT2D eigenvalue weighted by Crippen LogP contribution is 2.25. The maximum atomic E-state index is 11.9. The zero-order valence-corrected chi connectivity index (χ0v) is 13.6. The van der Waals surface area contributed by atoms with Crippen LogP contribution < -0.4 is 5.32 Å². The molecule has 0 spiro atoms.